The summed E-state index contributed by atoms with van der Waals surface area (Å²) in [6, 6.07) is 2.62. The van der Waals surface area contributed by atoms with Crippen LogP contribution in [-0.4, -0.2) is 13.7 Å². The average molecular weight is 237 g/mol. The Kier molecular flexibility index (Phi) is 6.58. The fourth-order valence-electron chi connectivity index (χ4n) is 3.05. The van der Waals surface area contributed by atoms with Crippen molar-refractivity contribution in [3.8, 4) is 6.07 Å². The molecule has 0 aromatic carbocycles. The number of unbranched alkanes of at least 4 members (excludes halogenated alkanes) is 1. The molecule has 1 saturated carbocycles. The number of methoxy groups -OCH3 is 1. The van der Waals surface area contributed by atoms with Gasteiger partial charge >= 0.3 is 0 Å². The summed E-state index contributed by atoms with van der Waals surface area (Å²) in [5, 5.41) is 9.43. The second kappa shape index (κ2) is 7.71. The van der Waals surface area contributed by atoms with Gasteiger partial charge in [0, 0.05) is 13.7 Å². The number of nitriles is 1. The summed E-state index contributed by atoms with van der Waals surface area (Å²) >= 11 is 0. The quantitative estimate of drug-likeness (QED) is 0.618. The van der Waals surface area contributed by atoms with Gasteiger partial charge in [-0.25, -0.2) is 0 Å². The number of rotatable bonds is 7. The smallest absolute Gasteiger partial charge is 0.0689 e. The molecule has 0 aromatic heterocycles. The molecule has 2 heteroatoms. The van der Waals surface area contributed by atoms with Crippen molar-refractivity contribution in [1.29, 1.82) is 5.26 Å². The normalized spacial score (nSPS) is 28.9. The summed E-state index contributed by atoms with van der Waals surface area (Å²) in [6.07, 6.45) is 10.7. The van der Waals surface area contributed by atoms with Gasteiger partial charge in [0.05, 0.1) is 11.5 Å². The fourth-order valence-corrected chi connectivity index (χ4v) is 3.05. The van der Waals surface area contributed by atoms with Gasteiger partial charge in [-0.2, -0.15) is 5.26 Å². The summed E-state index contributed by atoms with van der Waals surface area (Å²) in [5.41, 5.74) is -0.00200. The van der Waals surface area contributed by atoms with Crippen molar-refractivity contribution in [1.82, 2.24) is 0 Å². The van der Waals surface area contributed by atoms with Crippen LogP contribution in [0.2, 0.25) is 0 Å². The maximum Gasteiger partial charge on any atom is 0.0689 e. The largest absolute Gasteiger partial charge is 0.385 e. The van der Waals surface area contributed by atoms with Crippen molar-refractivity contribution in [3.05, 3.63) is 0 Å². The first kappa shape index (κ1) is 14.5. The molecule has 0 spiro atoms. The number of hydrogen-bond acceptors (Lipinski definition) is 2. The summed E-state index contributed by atoms with van der Waals surface area (Å²) in [7, 11) is 1.75. The van der Waals surface area contributed by atoms with E-state index in [1.807, 2.05) is 0 Å². The van der Waals surface area contributed by atoms with E-state index in [2.05, 4.69) is 13.0 Å². The van der Waals surface area contributed by atoms with Crippen molar-refractivity contribution >= 4 is 0 Å². The molecule has 1 fully saturated rings. The summed E-state index contributed by atoms with van der Waals surface area (Å²) < 4.78 is 5.06. The van der Waals surface area contributed by atoms with E-state index in [-0.39, 0.29) is 5.41 Å². The molecule has 0 N–H and O–H groups in total. The lowest BCUT2D eigenvalue weighted by atomic mass is 9.68. The molecule has 2 nitrogen and oxygen atoms in total. The molecule has 0 aliphatic heterocycles. The van der Waals surface area contributed by atoms with Crippen LogP contribution in [-0.2, 0) is 4.74 Å². The van der Waals surface area contributed by atoms with E-state index in [4.69, 9.17) is 4.74 Å². The van der Waals surface area contributed by atoms with Gasteiger partial charge in [0.2, 0.25) is 0 Å². The Morgan fingerprint density at radius 1 is 1.29 bits per heavy atom. The van der Waals surface area contributed by atoms with Crippen molar-refractivity contribution in [2.75, 3.05) is 13.7 Å². The molecule has 1 aliphatic carbocycles. The third kappa shape index (κ3) is 4.68. The molecule has 98 valence electrons. The zero-order valence-electron chi connectivity index (χ0n) is 11.5. The number of hydrogen-bond donors (Lipinski definition) is 0. The van der Waals surface area contributed by atoms with Gasteiger partial charge in [-0.15, -0.1) is 0 Å². The maximum atomic E-state index is 9.43. The van der Waals surface area contributed by atoms with Crippen LogP contribution < -0.4 is 0 Å². The van der Waals surface area contributed by atoms with Crippen LogP contribution in [0.25, 0.3) is 0 Å². The summed E-state index contributed by atoms with van der Waals surface area (Å²) in [4.78, 5) is 0. The second-order valence-corrected chi connectivity index (χ2v) is 5.57. The zero-order valence-corrected chi connectivity index (χ0v) is 11.5. The lowest BCUT2D eigenvalue weighted by molar-refractivity contribution is 0.165. The third-order valence-electron chi connectivity index (χ3n) is 4.25. The molecule has 0 atom stereocenters. The molecule has 0 heterocycles. The standard InChI is InChI=1S/C15H27NO/c1-3-6-14-7-10-15(13-16,11-8-14)9-4-5-12-17-2/h14H,3-12H2,1-2H3. The predicted octanol–water partition coefficient (Wildman–Crippen LogP) is 4.30. The van der Waals surface area contributed by atoms with Crippen LogP contribution >= 0.6 is 0 Å². The van der Waals surface area contributed by atoms with Gasteiger partial charge in [-0.05, 0) is 50.9 Å². The molecule has 0 unspecified atom stereocenters. The first-order chi connectivity index (χ1) is 8.26. The van der Waals surface area contributed by atoms with Crippen LogP contribution in [0.1, 0.15) is 64.7 Å². The van der Waals surface area contributed by atoms with Crippen LogP contribution in [0.4, 0.5) is 0 Å². The third-order valence-corrected chi connectivity index (χ3v) is 4.25. The number of ether oxygens (including phenoxy) is 1. The zero-order chi connectivity index (χ0) is 12.6. The van der Waals surface area contributed by atoms with Crippen molar-refractivity contribution in [2.45, 2.75) is 64.7 Å². The van der Waals surface area contributed by atoms with Gasteiger partial charge < -0.3 is 4.74 Å². The monoisotopic (exact) mass is 237 g/mol. The van der Waals surface area contributed by atoms with E-state index >= 15 is 0 Å². The van der Waals surface area contributed by atoms with E-state index in [0.717, 1.165) is 44.6 Å². The summed E-state index contributed by atoms with van der Waals surface area (Å²) in [6.45, 7) is 3.09. The maximum absolute atomic E-state index is 9.43. The van der Waals surface area contributed by atoms with Crippen molar-refractivity contribution in [2.24, 2.45) is 11.3 Å². The Morgan fingerprint density at radius 2 is 2.00 bits per heavy atom. The van der Waals surface area contributed by atoms with Gasteiger partial charge in [-0.1, -0.05) is 19.8 Å². The van der Waals surface area contributed by atoms with E-state index in [9.17, 15) is 5.26 Å². The fraction of sp³-hybridized carbons (Fsp3) is 0.933. The highest BCUT2D eigenvalue weighted by Gasteiger charge is 2.34. The SMILES string of the molecule is CCCC1CCC(C#N)(CCCCOC)CC1. The minimum Gasteiger partial charge on any atom is -0.385 e. The molecule has 17 heavy (non-hydrogen) atoms. The van der Waals surface area contributed by atoms with Gasteiger partial charge in [0.15, 0.2) is 0 Å². The molecule has 0 amide bonds. The average Bonchev–Trinajstić information content (AvgIpc) is 2.37. The molecule has 0 saturated heterocycles. The van der Waals surface area contributed by atoms with E-state index in [0.29, 0.717) is 0 Å². The van der Waals surface area contributed by atoms with Crippen LogP contribution in [0.3, 0.4) is 0 Å². The second-order valence-electron chi connectivity index (χ2n) is 5.57. The summed E-state index contributed by atoms with van der Waals surface area (Å²) in [5.74, 6) is 0.889. The topological polar surface area (TPSA) is 33.0 Å². The van der Waals surface area contributed by atoms with Crippen molar-refractivity contribution < 1.29 is 4.74 Å². The molecule has 1 rings (SSSR count). The molecule has 1 aliphatic rings. The minimum absolute atomic E-state index is 0.00200. The molecular formula is C15H27NO. The van der Waals surface area contributed by atoms with Gasteiger partial charge in [0.25, 0.3) is 0 Å². The van der Waals surface area contributed by atoms with E-state index < -0.39 is 0 Å². The molecule has 0 radical (unpaired) electrons. The van der Waals surface area contributed by atoms with E-state index in [1.54, 1.807) is 7.11 Å². The van der Waals surface area contributed by atoms with Crippen LogP contribution in [0.15, 0.2) is 0 Å². The Bertz CT molecular complexity index is 230. The lowest BCUT2D eigenvalue weighted by Gasteiger charge is -2.35. The lowest BCUT2D eigenvalue weighted by Crippen LogP contribution is -2.26. The molecule has 0 aromatic rings. The first-order valence-electron chi connectivity index (χ1n) is 7.16. The highest BCUT2D eigenvalue weighted by molar-refractivity contribution is 5.01. The first-order valence-corrected chi connectivity index (χ1v) is 7.16. The van der Waals surface area contributed by atoms with E-state index in [1.165, 1.54) is 25.7 Å². The van der Waals surface area contributed by atoms with Crippen LogP contribution in [0, 0.1) is 22.7 Å². The van der Waals surface area contributed by atoms with Crippen LogP contribution in [0.5, 0.6) is 0 Å². The molecular weight excluding hydrogens is 210 g/mol. The van der Waals surface area contributed by atoms with Gasteiger partial charge in [0.1, 0.15) is 0 Å². The Morgan fingerprint density at radius 3 is 2.53 bits per heavy atom. The predicted molar refractivity (Wildman–Crippen MR) is 70.6 cm³/mol. The Labute approximate surface area is 106 Å². The minimum atomic E-state index is -0.00200. The highest BCUT2D eigenvalue weighted by Crippen LogP contribution is 2.43. The van der Waals surface area contributed by atoms with Crippen molar-refractivity contribution in [3.63, 3.8) is 0 Å². The highest BCUT2D eigenvalue weighted by atomic mass is 16.5. The number of nitrogens with zero attached hydrogens (tertiary/aromatic N) is 1. The molecule has 0 bridgehead atoms. The van der Waals surface area contributed by atoms with Gasteiger partial charge in [-0.3, -0.25) is 0 Å². The Hall–Kier alpha value is -0.550. The Balaban J connectivity index is 2.31.